The minimum Gasteiger partial charge on any atom is -0.360 e. The van der Waals surface area contributed by atoms with Crippen molar-refractivity contribution in [1.82, 2.24) is 14.9 Å². The lowest BCUT2D eigenvalue weighted by atomic mass is 10.3. The highest BCUT2D eigenvalue weighted by atomic mass is 16.6. The number of nitrogen functional groups attached to an aromatic ring is 1. The van der Waals surface area contributed by atoms with Crippen LogP contribution in [-0.2, 0) is 0 Å². The quantitative estimate of drug-likeness (QED) is 0.384. The molecule has 0 spiro atoms. The number of rotatable bonds is 6. The molecule has 9 heteroatoms. The summed E-state index contributed by atoms with van der Waals surface area (Å²) in [5.41, 5.74) is 2.42. The molecule has 0 saturated heterocycles. The van der Waals surface area contributed by atoms with E-state index in [2.05, 4.69) is 20.7 Å². The second kappa shape index (κ2) is 6.25. The lowest BCUT2D eigenvalue weighted by molar-refractivity contribution is -0.385. The van der Waals surface area contributed by atoms with E-state index in [0.717, 1.165) is 0 Å². The number of nitro groups is 1. The average Bonchev–Trinajstić information content (AvgIpc) is 2.26. The Kier molecular flexibility index (Phi) is 4.95. The Balaban J connectivity index is 3.09. The Morgan fingerprint density at radius 3 is 2.58 bits per heavy atom. The van der Waals surface area contributed by atoms with Crippen LogP contribution in [0.2, 0.25) is 0 Å². The van der Waals surface area contributed by atoms with Crippen LogP contribution < -0.4 is 16.6 Å². The zero-order valence-electron chi connectivity index (χ0n) is 11.5. The molecule has 4 N–H and O–H groups in total. The lowest BCUT2D eigenvalue weighted by Gasteiger charge is -2.19. The van der Waals surface area contributed by atoms with Crippen LogP contribution in [0, 0.1) is 17.0 Å². The average molecular weight is 269 g/mol. The third kappa shape index (κ3) is 4.00. The van der Waals surface area contributed by atoms with Crippen LogP contribution in [0.3, 0.4) is 0 Å². The van der Waals surface area contributed by atoms with Gasteiger partial charge in [-0.1, -0.05) is 0 Å². The van der Waals surface area contributed by atoms with Crippen molar-refractivity contribution in [3.8, 4) is 0 Å². The molecular formula is C10H19N7O2. The van der Waals surface area contributed by atoms with Crippen LogP contribution in [0.5, 0.6) is 0 Å². The molecule has 0 bridgehead atoms. The van der Waals surface area contributed by atoms with E-state index in [4.69, 9.17) is 5.84 Å². The molecule has 1 rings (SSSR count). The summed E-state index contributed by atoms with van der Waals surface area (Å²) in [4.78, 5) is 20.4. The maximum absolute atomic E-state index is 11.1. The van der Waals surface area contributed by atoms with Gasteiger partial charge in [0, 0.05) is 12.6 Å². The molecule has 19 heavy (non-hydrogen) atoms. The summed E-state index contributed by atoms with van der Waals surface area (Å²) in [5.74, 6) is 5.55. The minimum atomic E-state index is -0.500. The maximum atomic E-state index is 11.1. The molecule has 1 heterocycles. The first-order valence-electron chi connectivity index (χ1n) is 5.76. The van der Waals surface area contributed by atoms with E-state index in [0.29, 0.717) is 6.54 Å². The number of nitrogens with two attached hydrogens (primary N) is 1. The van der Waals surface area contributed by atoms with Crippen molar-refractivity contribution in [1.29, 1.82) is 0 Å². The summed E-state index contributed by atoms with van der Waals surface area (Å²) in [5, 5.41) is 14.1. The first kappa shape index (κ1) is 15.1. The predicted octanol–water partition coefficient (Wildman–Crippen LogP) is 0.341. The third-order valence-electron chi connectivity index (χ3n) is 2.39. The number of nitrogens with one attached hydrogen (secondary N) is 2. The first-order valence-corrected chi connectivity index (χ1v) is 5.76. The van der Waals surface area contributed by atoms with E-state index in [9.17, 15) is 10.1 Å². The van der Waals surface area contributed by atoms with Crippen LogP contribution in [0.25, 0.3) is 0 Å². The summed E-state index contributed by atoms with van der Waals surface area (Å²) in [6.07, 6.45) is 0. The van der Waals surface area contributed by atoms with Crippen LogP contribution in [-0.4, -0.2) is 46.5 Å². The molecule has 0 radical (unpaired) electrons. The minimum absolute atomic E-state index is 0.00590. The highest BCUT2D eigenvalue weighted by Gasteiger charge is 2.23. The molecule has 0 aliphatic heterocycles. The third-order valence-corrected chi connectivity index (χ3v) is 2.39. The monoisotopic (exact) mass is 269 g/mol. The smallest absolute Gasteiger partial charge is 0.332 e. The van der Waals surface area contributed by atoms with Gasteiger partial charge in [-0.25, -0.2) is 10.8 Å². The Morgan fingerprint density at radius 1 is 1.47 bits per heavy atom. The van der Waals surface area contributed by atoms with Crippen molar-refractivity contribution in [2.45, 2.75) is 19.9 Å². The highest BCUT2D eigenvalue weighted by molar-refractivity contribution is 5.61. The summed E-state index contributed by atoms with van der Waals surface area (Å²) in [6, 6.07) is -0.00590. The number of aromatic nitrogens is 2. The SMILES string of the molecule is Cc1nc(NN)nc(NC(C)CN(C)C)c1[N+](=O)[O-]. The number of likely N-dealkylation sites (N-methyl/N-ethyl adjacent to an activating group) is 1. The van der Waals surface area contributed by atoms with E-state index >= 15 is 0 Å². The van der Waals surface area contributed by atoms with Crippen molar-refractivity contribution >= 4 is 17.5 Å². The van der Waals surface area contributed by atoms with Crippen molar-refractivity contribution in [3.05, 3.63) is 15.8 Å². The molecule has 0 aliphatic rings. The number of anilines is 2. The van der Waals surface area contributed by atoms with Crippen LogP contribution >= 0.6 is 0 Å². The zero-order chi connectivity index (χ0) is 14.6. The Bertz CT molecular complexity index is 463. The molecule has 1 aromatic rings. The standard InChI is InChI=1S/C10H19N7O2/c1-6(5-16(3)4)12-9-8(17(18)19)7(2)13-10(14-9)15-11/h6H,5,11H2,1-4H3,(H2,12,13,14,15). The predicted molar refractivity (Wildman–Crippen MR) is 72.9 cm³/mol. The van der Waals surface area contributed by atoms with E-state index in [1.165, 1.54) is 0 Å². The number of nitrogens with zero attached hydrogens (tertiary/aromatic N) is 4. The summed E-state index contributed by atoms with van der Waals surface area (Å²) in [6.45, 7) is 4.17. The molecule has 106 valence electrons. The van der Waals surface area contributed by atoms with Gasteiger partial charge in [-0.15, -0.1) is 0 Å². The molecule has 0 amide bonds. The van der Waals surface area contributed by atoms with Crippen molar-refractivity contribution in [3.63, 3.8) is 0 Å². The second-order valence-electron chi connectivity index (χ2n) is 4.54. The number of hydrogen-bond acceptors (Lipinski definition) is 8. The number of aryl methyl sites for hydroxylation is 1. The molecule has 9 nitrogen and oxygen atoms in total. The van der Waals surface area contributed by atoms with Crippen LogP contribution in [0.15, 0.2) is 0 Å². The molecular weight excluding hydrogens is 250 g/mol. The van der Waals surface area contributed by atoms with Gasteiger partial charge in [0.15, 0.2) is 0 Å². The fourth-order valence-electron chi connectivity index (χ4n) is 1.78. The molecule has 1 atom stereocenters. The van der Waals surface area contributed by atoms with Gasteiger partial charge >= 0.3 is 5.69 Å². The zero-order valence-corrected chi connectivity index (χ0v) is 11.5. The highest BCUT2D eigenvalue weighted by Crippen LogP contribution is 2.26. The van der Waals surface area contributed by atoms with Gasteiger partial charge in [-0.3, -0.25) is 15.5 Å². The van der Waals surface area contributed by atoms with Gasteiger partial charge < -0.3 is 10.2 Å². The van der Waals surface area contributed by atoms with E-state index in [-0.39, 0.29) is 29.2 Å². The normalized spacial score (nSPS) is 12.3. The maximum Gasteiger partial charge on any atom is 0.332 e. The van der Waals surface area contributed by atoms with Crippen molar-refractivity contribution < 1.29 is 4.92 Å². The van der Waals surface area contributed by atoms with Gasteiger partial charge in [-0.05, 0) is 27.9 Å². The fraction of sp³-hybridized carbons (Fsp3) is 0.600. The molecule has 0 saturated carbocycles. The molecule has 0 aliphatic carbocycles. The molecule has 0 aromatic carbocycles. The topological polar surface area (TPSA) is 122 Å². The number of hydrogen-bond donors (Lipinski definition) is 3. The van der Waals surface area contributed by atoms with Crippen molar-refractivity contribution in [2.75, 3.05) is 31.4 Å². The molecule has 1 aromatic heterocycles. The Hall–Kier alpha value is -2.00. The fourth-order valence-corrected chi connectivity index (χ4v) is 1.78. The molecule has 0 fully saturated rings. The van der Waals surface area contributed by atoms with Gasteiger partial charge in [0.25, 0.3) is 0 Å². The van der Waals surface area contributed by atoms with Crippen molar-refractivity contribution in [2.24, 2.45) is 5.84 Å². The lowest BCUT2D eigenvalue weighted by Crippen LogP contribution is -2.30. The van der Waals surface area contributed by atoms with E-state index in [1.807, 2.05) is 25.9 Å². The van der Waals surface area contributed by atoms with Gasteiger partial charge in [0.05, 0.1) is 4.92 Å². The van der Waals surface area contributed by atoms with E-state index in [1.54, 1.807) is 6.92 Å². The summed E-state index contributed by atoms with van der Waals surface area (Å²) >= 11 is 0. The first-order chi connectivity index (χ1) is 8.85. The summed E-state index contributed by atoms with van der Waals surface area (Å²) < 4.78 is 0. The summed E-state index contributed by atoms with van der Waals surface area (Å²) in [7, 11) is 3.84. The van der Waals surface area contributed by atoms with Gasteiger partial charge in [-0.2, -0.15) is 4.98 Å². The number of hydrazine groups is 1. The Morgan fingerprint density at radius 2 is 2.11 bits per heavy atom. The van der Waals surface area contributed by atoms with E-state index < -0.39 is 4.92 Å². The Labute approximate surface area is 111 Å². The largest absolute Gasteiger partial charge is 0.360 e. The van der Waals surface area contributed by atoms with Gasteiger partial charge in [0.2, 0.25) is 11.8 Å². The van der Waals surface area contributed by atoms with Gasteiger partial charge in [0.1, 0.15) is 5.69 Å². The second-order valence-corrected chi connectivity index (χ2v) is 4.54. The molecule has 1 unspecified atom stereocenters. The van der Waals surface area contributed by atoms with Crippen LogP contribution in [0.4, 0.5) is 17.5 Å². The van der Waals surface area contributed by atoms with Crippen LogP contribution in [0.1, 0.15) is 12.6 Å².